The van der Waals surface area contributed by atoms with Gasteiger partial charge in [-0.25, -0.2) is 9.67 Å². The van der Waals surface area contributed by atoms with Gasteiger partial charge in [0.05, 0.1) is 13.1 Å². The molecule has 0 aliphatic carbocycles. The third kappa shape index (κ3) is 1.77. The lowest BCUT2D eigenvalue weighted by molar-refractivity contribution is 0.498. The first kappa shape index (κ1) is 8.44. The molecule has 0 aliphatic heterocycles. The molecule has 70 valence electrons. The van der Waals surface area contributed by atoms with Gasteiger partial charge in [0.15, 0.2) is 0 Å². The van der Waals surface area contributed by atoms with Crippen LogP contribution in [0.1, 0.15) is 5.82 Å². The Morgan fingerprint density at radius 2 is 2.21 bits per heavy atom. The second-order valence-corrected chi connectivity index (χ2v) is 2.71. The lowest BCUT2D eigenvalue weighted by atomic mass is 10.6. The predicted molar refractivity (Wildman–Crippen MR) is 47.0 cm³/mol. The molecule has 2 aromatic rings. The van der Waals surface area contributed by atoms with E-state index in [0.717, 1.165) is 6.54 Å². The van der Waals surface area contributed by atoms with Crippen LogP contribution in [0, 0.1) is 11.3 Å². The second-order valence-electron chi connectivity index (χ2n) is 2.71. The highest BCUT2D eigenvalue weighted by Gasteiger charge is 1.98. The van der Waals surface area contributed by atoms with Gasteiger partial charge in [0.25, 0.3) is 5.82 Å². The molecule has 14 heavy (non-hydrogen) atoms. The minimum atomic E-state index is 0.200. The molecule has 0 spiro atoms. The molecule has 0 amide bonds. The van der Waals surface area contributed by atoms with Crippen LogP contribution in [0.5, 0.6) is 0 Å². The van der Waals surface area contributed by atoms with Gasteiger partial charge in [-0.3, -0.25) is 4.68 Å². The largest absolute Gasteiger partial charge is 0.271 e. The highest BCUT2D eigenvalue weighted by Crippen LogP contribution is 1.90. The van der Waals surface area contributed by atoms with Gasteiger partial charge in [-0.1, -0.05) is 0 Å². The molecule has 0 radical (unpaired) electrons. The molecule has 0 saturated carbocycles. The standard InChI is InChI=1S/C8H8N6/c9-6-8-10-7-14(12-8)5-4-13-3-1-2-11-13/h1-3,7H,4-5H2. The molecule has 0 fully saturated rings. The molecule has 0 aliphatic rings. The number of nitriles is 1. The van der Waals surface area contributed by atoms with Gasteiger partial charge in [-0.05, 0) is 6.07 Å². The Morgan fingerprint density at radius 1 is 1.36 bits per heavy atom. The van der Waals surface area contributed by atoms with Crippen molar-refractivity contribution in [1.29, 1.82) is 5.26 Å². The molecule has 6 nitrogen and oxygen atoms in total. The molecule has 0 bridgehead atoms. The van der Waals surface area contributed by atoms with Gasteiger partial charge < -0.3 is 0 Å². The molecule has 0 unspecified atom stereocenters. The van der Waals surface area contributed by atoms with Crippen molar-refractivity contribution < 1.29 is 0 Å². The summed E-state index contributed by atoms with van der Waals surface area (Å²) in [6.45, 7) is 1.39. The maximum atomic E-state index is 8.50. The van der Waals surface area contributed by atoms with Crippen molar-refractivity contribution in [2.75, 3.05) is 0 Å². The van der Waals surface area contributed by atoms with Crippen LogP contribution in [-0.4, -0.2) is 24.5 Å². The fourth-order valence-electron chi connectivity index (χ4n) is 1.09. The minimum absolute atomic E-state index is 0.200. The zero-order valence-electron chi connectivity index (χ0n) is 7.41. The lowest BCUT2D eigenvalue weighted by Crippen LogP contribution is -2.08. The molecule has 2 rings (SSSR count). The Balaban J connectivity index is 1.96. The Bertz CT molecular complexity index is 435. The Morgan fingerprint density at radius 3 is 2.86 bits per heavy atom. The van der Waals surface area contributed by atoms with Crippen molar-refractivity contribution in [3.8, 4) is 6.07 Å². The van der Waals surface area contributed by atoms with Crippen LogP contribution in [0.25, 0.3) is 0 Å². The van der Waals surface area contributed by atoms with E-state index in [1.54, 1.807) is 21.9 Å². The summed E-state index contributed by atoms with van der Waals surface area (Å²) in [6, 6.07) is 3.74. The van der Waals surface area contributed by atoms with E-state index in [1.165, 1.54) is 0 Å². The second kappa shape index (κ2) is 3.70. The zero-order valence-corrected chi connectivity index (χ0v) is 7.41. The molecule has 6 heteroatoms. The van der Waals surface area contributed by atoms with Gasteiger partial charge in [-0.2, -0.15) is 10.4 Å². The summed E-state index contributed by atoms with van der Waals surface area (Å²) in [5.41, 5.74) is 0. The smallest absolute Gasteiger partial charge is 0.252 e. The number of hydrogen-bond acceptors (Lipinski definition) is 4. The van der Waals surface area contributed by atoms with Crippen molar-refractivity contribution in [1.82, 2.24) is 24.5 Å². The first-order valence-corrected chi connectivity index (χ1v) is 4.15. The highest BCUT2D eigenvalue weighted by atomic mass is 15.3. The highest BCUT2D eigenvalue weighted by molar-refractivity contribution is 5.05. The summed E-state index contributed by atoms with van der Waals surface area (Å²) in [7, 11) is 0. The molecule has 0 atom stereocenters. The van der Waals surface area contributed by atoms with Crippen molar-refractivity contribution in [2.24, 2.45) is 0 Å². The topological polar surface area (TPSA) is 72.3 Å². The summed E-state index contributed by atoms with van der Waals surface area (Å²) in [5, 5.41) is 16.5. The fraction of sp³-hybridized carbons (Fsp3) is 0.250. The average molecular weight is 188 g/mol. The van der Waals surface area contributed by atoms with Crippen LogP contribution in [0.3, 0.4) is 0 Å². The van der Waals surface area contributed by atoms with Crippen LogP contribution in [0.4, 0.5) is 0 Å². The number of aromatic nitrogens is 5. The Labute approximate surface area is 80.4 Å². The van der Waals surface area contributed by atoms with Crippen LogP contribution < -0.4 is 0 Å². The van der Waals surface area contributed by atoms with Gasteiger partial charge in [0.2, 0.25) is 0 Å². The van der Waals surface area contributed by atoms with Crippen molar-refractivity contribution in [3.63, 3.8) is 0 Å². The quantitative estimate of drug-likeness (QED) is 0.682. The normalized spacial score (nSPS) is 9.93. The van der Waals surface area contributed by atoms with Crippen molar-refractivity contribution in [2.45, 2.75) is 13.1 Å². The minimum Gasteiger partial charge on any atom is -0.271 e. The fourth-order valence-corrected chi connectivity index (χ4v) is 1.09. The van der Waals surface area contributed by atoms with Gasteiger partial charge in [0, 0.05) is 12.4 Å². The predicted octanol–water partition coefficient (Wildman–Crippen LogP) is 0.0465. The summed E-state index contributed by atoms with van der Waals surface area (Å²) < 4.78 is 3.42. The molecular weight excluding hydrogens is 180 g/mol. The molecule has 0 saturated heterocycles. The van der Waals surface area contributed by atoms with Gasteiger partial charge in [-0.15, -0.1) is 5.10 Å². The number of hydrogen-bond donors (Lipinski definition) is 0. The number of aryl methyl sites for hydroxylation is 2. The van der Waals surface area contributed by atoms with Crippen LogP contribution in [0.15, 0.2) is 24.8 Å². The SMILES string of the molecule is N#Cc1ncn(CCn2cccn2)n1. The molecule has 0 N–H and O–H groups in total. The lowest BCUT2D eigenvalue weighted by Gasteiger charge is -1.99. The summed E-state index contributed by atoms with van der Waals surface area (Å²) >= 11 is 0. The summed E-state index contributed by atoms with van der Waals surface area (Å²) in [4.78, 5) is 3.80. The van der Waals surface area contributed by atoms with E-state index >= 15 is 0 Å². The summed E-state index contributed by atoms with van der Waals surface area (Å²) in [6.07, 6.45) is 5.15. The monoisotopic (exact) mass is 188 g/mol. The van der Waals surface area contributed by atoms with E-state index in [9.17, 15) is 0 Å². The molecule has 0 aromatic carbocycles. The van der Waals surface area contributed by atoms with E-state index in [2.05, 4.69) is 15.2 Å². The third-order valence-electron chi connectivity index (χ3n) is 1.75. The number of rotatable bonds is 3. The first-order chi connectivity index (χ1) is 6.88. The Kier molecular flexibility index (Phi) is 2.23. The van der Waals surface area contributed by atoms with E-state index in [4.69, 9.17) is 5.26 Å². The zero-order chi connectivity index (χ0) is 9.80. The van der Waals surface area contributed by atoms with E-state index in [0.29, 0.717) is 6.54 Å². The van der Waals surface area contributed by atoms with Crippen molar-refractivity contribution >= 4 is 0 Å². The summed E-state index contributed by atoms with van der Waals surface area (Å²) in [5.74, 6) is 0.200. The molecular formula is C8H8N6. The van der Waals surface area contributed by atoms with Gasteiger partial charge in [0.1, 0.15) is 12.4 Å². The molecule has 2 aromatic heterocycles. The van der Waals surface area contributed by atoms with Crippen LogP contribution >= 0.6 is 0 Å². The maximum Gasteiger partial charge on any atom is 0.252 e. The van der Waals surface area contributed by atoms with Crippen molar-refractivity contribution in [3.05, 3.63) is 30.6 Å². The van der Waals surface area contributed by atoms with E-state index in [-0.39, 0.29) is 5.82 Å². The Hall–Kier alpha value is -2.16. The maximum absolute atomic E-state index is 8.50. The average Bonchev–Trinajstić information content (AvgIpc) is 2.86. The number of nitrogens with zero attached hydrogens (tertiary/aromatic N) is 6. The van der Waals surface area contributed by atoms with Crippen LogP contribution in [0.2, 0.25) is 0 Å². The van der Waals surface area contributed by atoms with Crippen LogP contribution in [-0.2, 0) is 13.1 Å². The van der Waals surface area contributed by atoms with E-state index in [1.807, 2.05) is 18.3 Å². The third-order valence-corrected chi connectivity index (χ3v) is 1.75. The molecule has 2 heterocycles. The first-order valence-electron chi connectivity index (χ1n) is 4.15. The van der Waals surface area contributed by atoms with E-state index < -0.39 is 0 Å². The van der Waals surface area contributed by atoms with Gasteiger partial charge >= 0.3 is 0 Å².